The molecule has 1 heterocycles. The summed E-state index contributed by atoms with van der Waals surface area (Å²) in [5, 5.41) is 6.36. The molecule has 0 bridgehead atoms. The van der Waals surface area contributed by atoms with Crippen LogP contribution in [-0.4, -0.2) is 62.8 Å². The Hall–Kier alpha value is -2.28. The number of likely N-dealkylation sites (tertiary alicyclic amines) is 1. The molecule has 1 fully saturated rings. The van der Waals surface area contributed by atoms with Gasteiger partial charge in [-0.05, 0) is 37.8 Å². The molecular weight excluding hydrogens is 346 g/mol. The highest BCUT2D eigenvalue weighted by Crippen LogP contribution is 2.17. The van der Waals surface area contributed by atoms with Crippen molar-refractivity contribution < 1.29 is 19.1 Å². The summed E-state index contributed by atoms with van der Waals surface area (Å²) < 4.78 is 10.3. The molecule has 2 N–H and O–H groups in total. The van der Waals surface area contributed by atoms with Crippen molar-refractivity contribution in [2.24, 2.45) is 0 Å². The quantitative estimate of drug-likeness (QED) is 0.688. The highest BCUT2D eigenvalue weighted by molar-refractivity contribution is 5.76. The van der Waals surface area contributed by atoms with Crippen molar-refractivity contribution in [1.82, 2.24) is 15.5 Å². The number of hydrogen-bond donors (Lipinski definition) is 2. The maximum absolute atomic E-state index is 12.0. The van der Waals surface area contributed by atoms with Crippen LogP contribution in [0.1, 0.15) is 31.7 Å². The Balaban J connectivity index is 1.57. The van der Waals surface area contributed by atoms with Crippen molar-refractivity contribution in [3.05, 3.63) is 29.8 Å². The number of hydrogen-bond acceptors (Lipinski definition) is 5. The zero-order chi connectivity index (χ0) is 19.5. The third-order valence-electron chi connectivity index (χ3n) is 4.72. The van der Waals surface area contributed by atoms with E-state index in [0.717, 1.165) is 30.6 Å². The van der Waals surface area contributed by atoms with Crippen LogP contribution in [0.5, 0.6) is 5.75 Å². The number of para-hydroxylation sites is 1. The van der Waals surface area contributed by atoms with E-state index in [1.165, 1.54) is 0 Å². The largest absolute Gasteiger partial charge is 0.496 e. The van der Waals surface area contributed by atoms with Crippen molar-refractivity contribution >= 4 is 12.0 Å². The predicted molar refractivity (Wildman–Crippen MR) is 104 cm³/mol. The second-order valence-electron chi connectivity index (χ2n) is 6.58. The number of carbonyl (C=O) groups is 2. The lowest BCUT2D eigenvalue weighted by molar-refractivity contribution is -0.121. The molecule has 0 aromatic heterocycles. The number of ether oxygens (including phenoxy) is 2. The molecule has 1 aliphatic rings. The highest BCUT2D eigenvalue weighted by atomic mass is 16.6. The van der Waals surface area contributed by atoms with Gasteiger partial charge in [0.25, 0.3) is 0 Å². The molecule has 2 rings (SSSR count). The number of piperidine rings is 1. The van der Waals surface area contributed by atoms with E-state index in [2.05, 4.69) is 10.6 Å². The monoisotopic (exact) mass is 377 g/mol. The van der Waals surface area contributed by atoms with Crippen LogP contribution in [0.4, 0.5) is 4.79 Å². The Morgan fingerprint density at radius 2 is 1.93 bits per heavy atom. The van der Waals surface area contributed by atoms with Gasteiger partial charge in [-0.3, -0.25) is 4.79 Å². The second-order valence-corrected chi connectivity index (χ2v) is 6.58. The van der Waals surface area contributed by atoms with Crippen LogP contribution in [0, 0.1) is 0 Å². The number of nitrogens with one attached hydrogen (secondary N) is 2. The van der Waals surface area contributed by atoms with Gasteiger partial charge in [0.15, 0.2) is 0 Å². The number of benzene rings is 1. The summed E-state index contributed by atoms with van der Waals surface area (Å²) in [6, 6.07) is 8.18. The maximum atomic E-state index is 12.0. The van der Waals surface area contributed by atoms with Gasteiger partial charge in [0.2, 0.25) is 5.91 Å². The first kappa shape index (κ1) is 21.0. The summed E-state index contributed by atoms with van der Waals surface area (Å²) in [6.45, 7) is 4.85. The zero-order valence-corrected chi connectivity index (χ0v) is 16.3. The highest BCUT2D eigenvalue weighted by Gasteiger charge is 2.23. The Kier molecular flexibility index (Phi) is 8.91. The molecule has 1 aromatic rings. The molecule has 0 radical (unpaired) electrons. The van der Waals surface area contributed by atoms with Crippen LogP contribution in [0.3, 0.4) is 0 Å². The third kappa shape index (κ3) is 7.09. The molecule has 1 aromatic carbocycles. The standard InChI is InChI=1S/C20H31N3O4/c1-3-27-20(25)23-14-10-17(11-15-23)21-13-9-19(24)22-12-8-16-6-4-5-7-18(16)26-2/h4-7,17,21H,3,8-15H2,1-2H3,(H,22,24). The molecule has 27 heavy (non-hydrogen) atoms. The van der Waals surface area contributed by atoms with Crippen LogP contribution < -0.4 is 15.4 Å². The third-order valence-corrected chi connectivity index (χ3v) is 4.72. The van der Waals surface area contributed by atoms with Crippen molar-refractivity contribution in [2.45, 2.75) is 38.6 Å². The molecule has 0 spiro atoms. The first-order chi connectivity index (χ1) is 13.1. The van der Waals surface area contributed by atoms with E-state index in [9.17, 15) is 9.59 Å². The lowest BCUT2D eigenvalue weighted by atomic mass is 10.1. The van der Waals surface area contributed by atoms with Crippen LogP contribution in [-0.2, 0) is 16.0 Å². The Morgan fingerprint density at radius 3 is 2.63 bits per heavy atom. The first-order valence-electron chi connectivity index (χ1n) is 9.67. The zero-order valence-electron chi connectivity index (χ0n) is 16.3. The molecule has 0 unspecified atom stereocenters. The summed E-state index contributed by atoms with van der Waals surface area (Å²) in [5.41, 5.74) is 1.09. The van der Waals surface area contributed by atoms with Gasteiger partial charge in [-0.2, -0.15) is 0 Å². The smallest absolute Gasteiger partial charge is 0.409 e. The molecule has 1 aliphatic heterocycles. The average Bonchev–Trinajstić information content (AvgIpc) is 2.69. The van der Waals surface area contributed by atoms with Gasteiger partial charge in [-0.25, -0.2) is 4.79 Å². The Bertz CT molecular complexity index is 601. The molecule has 7 heteroatoms. The Morgan fingerprint density at radius 1 is 1.19 bits per heavy atom. The fraction of sp³-hybridized carbons (Fsp3) is 0.600. The second kappa shape index (κ2) is 11.4. The average molecular weight is 377 g/mol. The molecule has 0 aliphatic carbocycles. The summed E-state index contributed by atoms with van der Waals surface area (Å²) in [5.74, 6) is 0.893. The van der Waals surface area contributed by atoms with E-state index in [-0.39, 0.29) is 12.0 Å². The van der Waals surface area contributed by atoms with Gasteiger partial charge in [0.05, 0.1) is 13.7 Å². The van der Waals surface area contributed by atoms with Crippen molar-refractivity contribution in [3.8, 4) is 5.75 Å². The Labute approximate surface area is 161 Å². The van der Waals surface area contributed by atoms with E-state index in [1.54, 1.807) is 12.0 Å². The molecule has 2 amide bonds. The lowest BCUT2D eigenvalue weighted by Crippen LogP contribution is -2.45. The minimum absolute atomic E-state index is 0.0429. The van der Waals surface area contributed by atoms with Gasteiger partial charge >= 0.3 is 6.09 Å². The summed E-state index contributed by atoms with van der Waals surface area (Å²) in [7, 11) is 1.65. The normalized spacial score (nSPS) is 14.7. The topological polar surface area (TPSA) is 79.9 Å². The number of nitrogens with zero attached hydrogens (tertiary/aromatic N) is 1. The lowest BCUT2D eigenvalue weighted by Gasteiger charge is -2.31. The van der Waals surface area contributed by atoms with Gasteiger partial charge in [-0.15, -0.1) is 0 Å². The summed E-state index contributed by atoms with van der Waals surface area (Å²) in [4.78, 5) is 25.4. The molecule has 0 saturated carbocycles. The summed E-state index contributed by atoms with van der Waals surface area (Å²) >= 11 is 0. The fourth-order valence-corrected chi connectivity index (χ4v) is 3.21. The van der Waals surface area contributed by atoms with Gasteiger partial charge in [0, 0.05) is 38.6 Å². The molecule has 0 atom stereocenters. The van der Waals surface area contributed by atoms with Gasteiger partial charge < -0.3 is 25.0 Å². The predicted octanol–water partition coefficient (Wildman–Crippen LogP) is 1.95. The van der Waals surface area contributed by atoms with Gasteiger partial charge in [-0.1, -0.05) is 18.2 Å². The van der Waals surface area contributed by atoms with E-state index < -0.39 is 0 Å². The molecule has 7 nitrogen and oxygen atoms in total. The number of rotatable bonds is 9. The van der Waals surface area contributed by atoms with E-state index in [4.69, 9.17) is 9.47 Å². The molecular formula is C20H31N3O4. The van der Waals surface area contributed by atoms with E-state index in [0.29, 0.717) is 45.2 Å². The van der Waals surface area contributed by atoms with Crippen molar-refractivity contribution in [3.63, 3.8) is 0 Å². The summed E-state index contributed by atoms with van der Waals surface area (Å²) in [6.07, 6.45) is 2.73. The maximum Gasteiger partial charge on any atom is 0.409 e. The number of carbonyl (C=O) groups excluding carboxylic acids is 2. The van der Waals surface area contributed by atoms with Gasteiger partial charge in [0.1, 0.15) is 5.75 Å². The van der Waals surface area contributed by atoms with Crippen LogP contribution in [0.2, 0.25) is 0 Å². The minimum atomic E-state index is -0.231. The SMILES string of the molecule is CCOC(=O)N1CCC(NCCC(=O)NCCc2ccccc2OC)CC1. The van der Waals surface area contributed by atoms with Crippen LogP contribution in [0.15, 0.2) is 24.3 Å². The first-order valence-corrected chi connectivity index (χ1v) is 9.67. The van der Waals surface area contributed by atoms with E-state index in [1.807, 2.05) is 31.2 Å². The fourth-order valence-electron chi connectivity index (χ4n) is 3.21. The molecule has 1 saturated heterocycles. The minimum Gasteiger partial charge on any atom is -0.496 e. The van der Waals surface area contributed by atoms with Crippen LogP contribution >= 0.6 is 0 Å². The van der Waals surface area contributed by atoms with E-state index >= 15 is 0 Å². The van der Waals surface area contributed by atoms with Crippen molar-refractivity contribution in [1.29, 1.82) is 0 Å². The number of amides is 2. The molecule has 150 valence electrons. The van der Waals surface area contributed by atoms with Crippen molar-refractivity contribution in [2.75, 3.05) is 39.9 Å². The number of methoxy groups -OCH3 is 1. The van der Waals surface area contributed by atoms with Crippen LogP contribution in [0.25, 0.3) is 0 Å².